The first kappa shape index (κ1) is 11.2. The molecule has 0 spiro atoms. The van der Waals surface area contributed by atoms with E-state index in [9.17, 15) is 0 Å². The average Bonchev–Trinajstić information content (AvgIpc) is 2.30. The van der Waals surface area contributed by atoms with Gasteiger partial charge in [-0.2, -0.15) is 0 Å². The van der Waals surface area contributed by atoms with E-state index in [2.05, 4.69) is 56.3 Å². The second-order valence-electron chi connectivity index (χ2n) is 4.84. The molecule has 0 radical (unpaired) electrons. The van der Waals surface area contributed by atoms with Gasteiger partial charge in [-0.25, -0.2) is 0 Å². The third-order valence-corrected chi connectivity index (χ3v) is 3.21. The third kappa shape index (κ3) is 3.10. The van der Waals surface area contributed by atoms with E-state index in [1.54, 1.807) is 0 Å². The Morgan fingerprint density at radius 2 is 1.88 bits per heavy atom. The van der Waals surface area contributed by atoms with Crippen LogP contribution in [0, 0.1) is 12.8 Å². The van der Waals surface area contributed by atoms with Crippen molar-refractivity contribution in [1.29, 1.82) is 0 Å². The number of rotatable bonds is 3. The Labute approximate surface area is 98.7 Å². The molecule has 2 rings (SSSR count). The summed E-state index contributed by atoms with van der Waals surface area (Å²) in [6, 6.07) is 8.88. The molecule has 84 valence electrons. The van der Waals surface area contributed by atoms with Gasteiger partial charge in [0.05, 0.1) is 0 Å². The summed E-state index contributed by atoms with van der Waals surface area (Å²) in [4.78, 5) is 0. The molecule has 0 saturated carbocycles. The van der Waals surface area contributed by atoms with Gasteiger partial charge in [-0.1, -0.05) is 60.6 Å². The molecule has 16 heavy (non-hydrogen) atoms. The number of hydrogen-bond donors (Lipinski definition) is 0. The number of aryl methyl sites for hydroxylation is 2. The van der Waals surface area contributed by atoms with Gasteiger partial charge in [0.15, 0.2) is 0 Å². The summed E-state index contributed by atoms with van der Waals surface area (Å²) in [6.07, 6.45) is 10.5. The fraction of sp³-hybridized carbons (Fsp3) is 0.375. The van der Waals surface area contributed by atoms with Crippen LogP contribution in [0.4, 0.5) is 0 Å². The maximum Gasteiger partial charge on any atom is -0.0224 e. The minimum absolute atomic E-state index is 0.725. The lowest BCUT2D eigenvalue weighted by Crippen LogP contribution is -1.96. The van der Waals surface area contributed by atoms with Crippen LogP contribution < -0.4 is 0 Å². The summed E-state index contributed by atoms with van der Waals surface area (Å²) in [5.41, 5.74) is 4.28. The highest BCUT2D eigenvalue weighted by Crippen LogP contribution is 2.19. The molecule has 0 bridgehead atoms. The van der Waals surface area contributed by atoms with Crippen LogP contribution >= 0.6 is 0 Å². The van der Waals surface area contributed by atoms with Crippen LogP contribution in [-0.2, 0) is 6.42 Å². The van der Waals surface area contributed by atoms with Crippen molar-refractivity contribution in [2.45, 2.75) is 33.1 Å². The lowest BCUT2D eigenvalue weighted by molar-refractivity contribution is 0.723. The lowest BCUT2D eigenvalue weighted by atomic mass is 9.95. The molecule has 1 aliphatic rings. The smallest absolute Gasteiger partial charge is 0.0224 e. The second kappa shape index (κ2) is 5.16. The molecule has 0 aliphatic heterocycles. The topological polar surface area (TPSA) is 0 Å². The van der Waals surface area contributed by atoms with Crippen LogP contribution in [0.15, 0.2) is 48.1 Å². The minimum atomic E-state index is 0.725. The summed E-state index contributed by atoms with van der Waals surface area (Å²) in [5, 5.41) is 0. The molecule has 1 aromatic carbocycles. The molecule has 0 N–H and O–H groups in total. The van der Waals surface area contributed by atoms with Crippen molar-refractivity contribution >= 4 is 0 Å². The molecule has 1 aliphatic carbocycles. The SMILES string of the molecule is Cc1ccc(CCC2=CCC(C)C=C2)cc1. The first-order valence-electron chi connectivity index (χ1n) is 6.17. The molecule has 0 saturated heterocycles. The standard InChI is InChI=1S/C16H20/c1-13-3-7-15(8-4-13)11-12-16-9-5-14(2)6-10-16/h3-5,7-10,14H,6,11-12H2,1-2H3. The third-order valence-electron chi connectivity index (χ3n) is 3.21. The maximum atomic E-state index is 2.39. The van der Waals surface area contributed by atoms with Gasteiger partial charge >= 0.3 is 0 Å². The minimum Gasteiger partial charge on any atom is -0.0811 e. The molecule has 0 fully saturated rings. The monoisotopic (exact) mass is 212 g/mol. The summed E-state index contributed by atoms with van der Waals surface area (Å²) < 4.78 is 0. The Morgan fingerprint density at radius 1 is 1.12 bits per heavy atom. The van der Waals surface area contributed by atoms with Gasteiger partial charge in [-0.15, -0.1) is 0 Å². The van der Waals surface area contributed by atoms with Gasteiger partial charge in [0.1, 0.15) is 0 Å². The number of hydrogen-bond acceptors (Lipinski definition) is 0. The summed E-state index contributed by atoms with van der Waals surface area (Å²) in [6.45, 7) is 4.40. The molecule has 1 aromatic rings. The van der Waals surface area contributed by atoms with Gasteiger partial charge < -0.3 is 0 Å². The van der Waals surface area contributed by atoms with Crippen molar-refractivity contribution in [1.82, 2.24) is 0 Å². The Balaban J connectivity index is 1.88. The average molecular weight is 212 g/mol. The first-order valence-corrected chi connectivity index (χ1v) is 6.17. The van der Waals surface area contributed by atoms with Crippen molar-refractivity contribution in [2.75, 3.05) is 0 Å². The molecule has 0 amide bonds. The molecule has 0 heterocycles. The van der Waals surface area contributed by atoms with Crippen LogP contribution in [0.2, 0.25) is 0 Å². The molecule has 0 heteroatoms. The van der Waals surface area contributed by atoms with Crippen LogP contribution in [0.1, 0.15) is 30.9 Å². The maximum absolute atomic E-state index is 2.39. The second-order valence-corrected chi connectivity index (χ2v) is 4.84. The van der Waals surface area contributed by atoms with E-state index in [1.807, 2.05) is 0 Å². The predicted octanol–water partition coefficient (Wildman–Crippen LogP) is 4.45. The van der Waals surface area contributed by atoms with E-state index in [4.69, 9.17) is 0 Å². The highest BCUT2D eigenvalue weighted by atomic mass is 14.1. The van der Waals surface area contributed by atoms with E-state index in [-0.39, 0.29) is 0 Å². The zero-order valence-electron chi connectivity index (χ0n) is 10.2. The van der Waals surface area contributed by atoms with Crippen LogP contribution in [0.5, 0.6) is 0 Å². The predicted molar refractivity (Wildman–Crippen MR) is 70.5 cm³/mol. The van der Waals surface area contributed by atoms with Gasteiger partial charge in [-0.05, 0) is 37.7 Å². The fourth-order valence-electron chi connectivity index (χ4n) is 2.00. The quantitative estimate of drug-likeness (QED) is 0.694. The largest absolute Gasteiger partial charge is 0.0811 e. The van der Waals surface area contributed by atoms with E-state index < -0.39 is 0 Å². The van der Waals surface area contributed by atoms with Gasteiger partial charge in [0, 0.05) is 0 Å². The molecule has 0 aromatic heterocycles. The summed E-state index contributed by atoms with van der Waals surface area (Å²) in [5.74, 6) is 0.725. The highest BCUT2D eigenvalue weighted by Gasteiger charge is 2.03. The van der Waals surface area contributed by atoms with Crippen molar-refractivity contribution in [3.05, 3.63) is 59.2 Å². The van der Waals surface area contributed by atoms with E-state index in [0.29, 0.717) is 0 Å². The lowest BCUT2D eigenvalue weighted by Gasteiger charge is -2.11. The summed E-state index contributed by atoms with van der Waals surface area (Å²) >= 11 is 0. The molecular formula is C16H20. The van der Waals surface area contributed by atoms with Crippen molar-refractivity contribution in [2.24, 2.45) is 5.92 Å². The fourth-order valence-corrected chi connectivity index (χ4v) is 2.00. The van der Waals surface area contributed by atoms with Crippen LogP contribution in [0.3, 0.4) is 0 Å². The van der Waals surface area contributed by atoms with Crippen LogP contribution in [-0.4, -0.2) is 0 Å². The molecular weight excluding hydrogens is 192 g/mol. The molecule has 1 unspecified atom stereocenters. The molecule has 0 nitrogen and oxygen atoms in total. The number of allylic oxidation sites excluding steroid dienone is 4. The highest BCUT2D eigenvalue weighted by molar-refractivity contribution is 5.26. The van der Waals surface area contributed by atoms with E-state index >= 15 is 0 Å². The Morgan fingerprint density at radius 3 is 2.50 bits per heavy atom. The Hall–Kier alpha value is -1.30. The molecule has 1 atom stereocenters. The van der Waals surface area contributed by atoms with Crippen molar-refractivity contribution in [3.8, 4) is 0 Å². The van der Waals surface area contributed by atoms with Gasteiger partial charge in [0.2, 0.25) is 0 Å². The number of benzene rings is 1. The van der Waals surface area contributed by atoms with E-state index in [1.165, 1.54) is 29.5 Å². The first-order chi connectivity index (χ1) is 7.74. The van der Waals surface area contributed by atoms with Gasteiger partial charge in [-0.3, -0.25) is 0 Å². The van der Waals surface area contributed by atoms with Crippen molar-refractivity contribution < 1.29 is 0 Å². The van der Waals surface area contributed by atoms with E-state index in [0.717, 1.165) is 12.3 Å². The van der Waals surface area contributed by atoms with Crippen LogP contribution in [0.25, 0.3) is 0 Å². The normalized spacial score (nSPS) is 19.6. The Kier molecular flexibility index (Phi) is 3.61. The van der Waals surface area contributed by atoms with Gasteiger partial charge in [0.25, 0.3) is 0 Å². The summed E-state index contributed by atoms with van der Waals surface area (Å²) in [7, 11) is 0. The Bertz CT molecular complexity index is 393. The van der Waals surface area contributed by atoms with Crippen molar-refractivity contribution in [3.63, 3.8) is 0 Å². The zero-order chi connectivity index (χ0) is 11.4. The zero-order valence-corrected chi connectivity index (χ0v) is 10.2.